The molecule has 0 aromatic rings. The molecule has 1 atom stereocenters. The third-order valence-corrected chi connectivity index (χ3v) is 5.32. The van der Waals surface area contributed by atoms with Crippen molar-refractivity contribution in [1.29, 1.82) is 0 Å². The van der Waals surface area contributed by atoms with Crippen molar-refractivity contribution in [3.63, 3.8) is 0 Å². The van der Waals surface area contributed by atoms with E-state index in [4.69, 9.17) is 0 Å². The standard InChI is InChI=1S/C23H48N2O/c1-5-7-8-9-10-11-12-13-14-15-16-17-18-19-21-24-23(26)22(20-6-2)25(3)4/h22H,5-21H2,1-4H3,(H,24,26). The van der Waals surface area contributed by atoms with Gasteiger partial charge in [0.25, 0.3) is 0 Å². The molecule has 3 nitrogen and oxygen atoms in total. The van der Waals surface area contributed by atoms with Crippen LogP contribution in [0, 0.1) is 0 Å². The summed E-state index contributed by atoms with van der Waals surface area (Å²) >= 11 is 0. The van der Waals surface area contributed by atoms with Crippen molar-refractivity contribution in [1.82, 2.24) is 10.2 Å². The molecule has 0 saturated carbocycles. The molecule has 0 fully saturated rings. The van der Waals surface area contributed by atoms with Gasteiger partial charge in [0.1, 0.15) is 0 Å². The number of nitrogens with zero attached hydrogens (tertiary/aromatic N) is 1. The van der Waals surface area contributed by atoms with Crippen LogP contribution in [0.5, 0.6) is 0 Å². The summed E-state index contributed by atoms with van der Waals surface area (Å²) in [7, 11) is 3.98. The van der Waals surface area contributed by atoms with Crippen LogP contribution in [0.15, 0.2) is 0 Å². The quantitative estimate of drug-likeness (QED) is 0.271. The molecule has 0 aromatic heterocycles. The zero-order valence-corrected chi connectivity index (χ0v) is 18.5. The number of amides is 1. The van der Waals surface area contributed by atoms with Crippen LogP contribution >= 0.6 is 0 Å². The molecule has 0 spiro atoms. The molecule has 0 aliphatic heterocycles. The molecule has 0 rings (SSSR count). The molecule has 0 radical (unpaired) electrons. The van der Waals surface area contributed by atoms with Gasteiger partial charge in [0.05, 0.1) is 6.04 Å². The van der Waals surface area contributed by atoms with Crippen LogP contribution < -0.4 is 5.32 Å². The van der Waals surface area contributed by atoms with Crippen LogP contribution in [0.4, 0.5) is 0 Å². The zero-order valence-electron chi connectivity index (χ0n) is 18.5. The Balaban J connectivity index is 3.32. The Labute approximate surface area is 164 Å². The van der Waals surface area contributed by atoms with Crippen molar-refractivity contribution >= 4 is 5.91 Å². The Hall–Kier alpha value is -0.570. The van der Waals surface area contributed by atoms with Crippen molar-refractivity contribution in [2.75, 3.05) is 20.6 Å². The van der Waals surface area contributed by atoms with Gasteiger partial charge in [0, 0.05) is 6.54 Å². The number of rotatable bonds is 19. The highest BCUT2D eigenvalue weighted by Gasteiger charge is 2.18. The average molecular weight is 369 g/mol. The third-order valence-electron chi connectivity index (χ3n) is 5.32. The molecule has 0 aliphatic carbocycles. The number of likely N-dealkylation sites (N-methyl/N-ethyl adjacent to an activating group) is 1. The van der Waals surface area contributed by atoms with Crippen LogP contribution in [0.25, 0.3) is 0 Å². The van der Waals surface area contributed by atoms with Gasteiger partial charge < -0.3 is 5.32 Å². The van der Waals surface area contributed by atoms with E-state index in [2.05, 4.69) is 19.2 Å². The van der Waals surface area contributed by atoms with Crippen molar-refractivity contribution in [3.05, 3.63) is 0 Å². The first-order valence-corrected chi connectivity index (χ1v) is 11.6. The molecule has 0 heterocycles. The maximum atomic E-state index is 12.2. The molecule has 1 amide bonds. The summed E-state index contributed by atoms with van der Waals surface area (Å²) in [5.74, 6) is 0.201. The highest BCUT2D eigenvalue weighted by atomic mass is 16.2. The van der Waals surface area contributed by atoms with Crippen LogP contribution in [0.2, 0.25) is 0 Å². The highest BCUT2D eigenvalue weighted by Crippen LogP contribution is 2.12. The lowest BCUT2D eigenvalue weighted by Gasteiger charge is -2.22. The lowest BCUT2D eigenvalue weighted by Crippen LogP contribution is -2.43. The van der Waals surface area contributed by atoms with Gasteiger partial charge in [-0.05, 0) is 26.9 Å². The Bertz CT molecular complexity index is 305. The average Bonchev–Trinajstić information content (AvgIpc) is 2.62. The number of carbonyl (C=O) groups is 1. The molecule has 0 saturated heterocycles. The van der Waals surface area contributed by atoms with E-state index in [1.807, 2.05) is 19.0 Å². The topological polar surface area (TPSA) is 32.3 Å². The van der Waals surface area contributed by atoms with Gasteiger partial charge in [0.2, 0.25) is 5.91 Å². The predicted molar refractivity (Wildman–Crippen MR) is 116 cm³/mol. The van der Waals surface area contributed by atoms with Gasteiger partial charge in [-0.2, -0.15) is 0 Å². The first-order chi connectivity index (χ1) is 12.6. The van der Waals surface area contributed by atoms with E-state index < -0.39 is 0 Å². The lowest BCUT2D eigenvalue weighted by molar-refractivity contribution is -0.125. The second kappa shape index (κ2) is 19.2. The SMILES string of the molecule is CCCCCCCCCCCCCCCCNC(=O)C(CCC)N(C)C. The molecule has 156 valence electrons. The zero-order chi connectivity index (χ0) is 19.5. The van der Waals surface area contributed by atoms with E-state index in [0.29, 0.717) is 0 Å². The van der Waals surface area contributed by atoms with Gasteiger partial charge in [0.15, 0.2) is 0 Å². The highest BCUT2D eigenvalue weighted by molar-refractivity contribution is 5.81. The summed E-state index contributed by atoms with van der Waals surface area (Å²) < 4.78 is 0. The third kappa shape index (κ3) is 15.7. The van der Waals surface area contributed by atoms with E-state index in [-0.39, 0.29) is 11.9 Å². The summed E-state index contributed by atoms with van der Waals surface area (Å²) in [5, 5.41) is 3.11. The Kier molecular flexibility index (Phi) is 18.8. The molecular formula is C23H48N2O. The minimum atomic E-state index is 0.0339. The van der Waals surface area contributed by atoms with Gasteiger partial charge >= 0.3 is 0 Å². The number of nitrogens with one attached hydrogen (secondary N) is 1. The van der Waals surface area contributed by atoms with Crippen LogP contribution in [-0.2, 0) is 4.79 Å². The van der Waals surface area contributed by atoms with Crippen molar-refractivity contribution in [2.24, 2.45) is 0 Å². The summed E-state index contributed by atoms with van der Waals surface area (Å²) in [5.41, 5.74) is 0. The minimum Gasteiger partial charge on any atom is -0.355 e. The first-order valence-electron chi connectivity index (χ1n) is 11.6. The maximum Gasteiger partial charge on any atom is 0.237 e. The molecule has 26 heavy (non-hydrogen) atoms. The van der Waals surface area contributed by atoms with Crippen LogP contribution in [0.3, 0.4) is 0 Å². The minimum absolute atomic E-state index is 0.0339. The second-order valence-electron chi connectivity index (χ2n) is 8.16. The van der Waals surface area contributed by atoms with Crippen molar-refractivity contribution in [3.8, 4) is 0 Å². The fourth-order valence-electron chi connectivity index (χ4n) is 3.55. The van der Waals surface area contributed by atoms with E-state index in [0.717, 1.165) is 25.8 Å². The number of unbranched alkanes of at least 4 members (excludes halogenated alkanes) is 13. The predicted octanol–water partition coefficient (Wildman–Crippen LogP) is 6.31. The van der Waals surface area contributed by atoms with Gasteiger partial charge in [-0.3, -0.25) is 9.69 Å². The Morgan fingerprint density at radius 3 is 1.50 bits per heavy atom. The molecule has 0 bridgehead atoms. The van der Waals surface area contributed by atoms with Gasteiger partial charge in [-0.15, -0.1) is 0 Å². The number of carbonyl (C=O) groups excluding carboxylic acids is 1. The van der Waals surface area contributed by atoms with E-state index in [1.165, 1.54) is 83.5 Å². The van der Waals surface area contributed by atoms with E-state index >= 15 is 0 Å². The van der Waals surface area contributed by atoms with Crippen LogP contribution in [0.1, 0.15) is 117 Å². The summed E-state index contributed by atoms with van der Waals surface area (Å²) in [6.45, 7) is 5.26. The summed E-state index contributed by atoms with van der Waals surface area (Å²) in [4.78, 5) is 14.2. The number of hydrogen-bond acceptors (Lipinski definition) is 2. The van der Waals surface area contributed by atoms with Crippen molar-refractivity contribution in [2.45, 2.75) is 123 Å². The lowest BCUT2D eigenvalue weighted by atomic mass is 10.0. The molecule has 1 N–H and O–H groups in total. The summed E-state index contributed by atoms with van der Waals surface area (Å²) in [6, 6.07) is 0.0339. The monoisotopic (exact) mass is 368 g/mol. The fourth-order valence-corrected chi connectivity index (χ4v) is 3.55. The Morgan fingerprint density at radius 2 is 1.12 bits per heavy atom. The molecular weight excluding hydrogens is 320 g/mol. The van der Waals surface area contributed by atoms with E-state index in [1.54, 1.807) is 0 Å². The van der Waals surface area contributed by atoms with Gasteiger partial charge in [-0.25, -0.2) is 0 Å². The van der Waals surface area contributed by atoms with Crippen molar-refractivity contribution < 1.29 is 4.79 Å². The molecule has 0 aromatic carbocycles. The molecule has 0 aliphatic rings. The smallest absolute Gasteiger partial charge is 0.237 e. The normalized spacial score (nSPS) is 12.5. The van der Waals surface area contributed by atoms with Crippen LogP contribution in [-0.4, -0.2) is 37.5 Å². The number of hydrogen-bond donors (Lipinski definition) is 1. The second-order valence-corrected chi connectivity index (χ2v) is 8.16. The van der Waals surface area contributed by atoms with Gasteiger partial charge in [-0.1, -0.05) is 104 Å². The Morgan fingerprint density at radius 1 is 0.692 bits per heavy atom. The summed E-state index contributed by atoms with van der Waals surface area (Å²) in [6.07, 6.45) is 21.2. The molecule has 3 heteroatoms. The van der Waals surface area contributed by atoms with E-state index in [9.17, 15) is 4.79 Å². The first kappa shape index (κ1) is 25.4. The fraction of sp³-hybridized carbons (Fsp3) is 0.957. The maximum absolute atomic E-state index is 12.2. The largest absolute Gasteiger partial charge is 0.355 e. The molecule has 1 unspecified atom stereocenters.